The van der Waals surface area contributed by atoms with Crippen molar-refractivity contribution < 1.29 is 22.7 Å². The van der Waals surface area contributed by atoms with E-state index in [2.05, 4.69) is 5.32 Å². The van der Waals surface area contributed by atoms with E-state index in [1.54, 1.807) is 27.7 Å². The Kier molecular flexibility index (Phi) is 5.63. The summed E-state index contributed by atoms with van der Waals surface area (Å²) in [7, 11) is 0. The van der Waals surface area contributed by atoms with Crippen LogP contribution in [-0.2, 0) is 11.2 Å². The van der Waals surface area contributed by atoms with Gasteiger partial charge in [0.1, 0.15) is 11.4 Å². The van der Waals surface area contributed by atoms with Crippen LogP contribution in [-0.4, -0.2) is 17.7 Å². The molecule has 6 heteroatoms. The van der Waals surface area contributed by atoms with Crippen molar-refractivity contribution in [1.29, 1.82) is 0 Å². The summed E-state index contributed by atoms with van der Waals surface area (Å²) in [5.74, 6) is -3.18. The lowest BCUT2D eigenvalue weighted by molar-refractivity contribution is 0.0502. The number of hydrogen-bond acceptors (Lipinski definition) is 2. The zero-order valence-electron chi connectivity index (χ0n) is 12.6. The van der Waals surface area contributed by atoms with Crippen LogP contribution in [0.2, 0.25) is 0 Å². The van der Waals surface area contributed by atoms with Crippen LogP contribution in [0.25, 0.3) is 0 Å². The number of carbonyl (C=O) groups excluding carboxylic acids is 1. The molecule has 1 rings (SSSR count). The van der Waals surface area contributed by atoms with Crippen LogP contribution in [0.1, 0.15) is 39.7 Å². The molecular formula is C15H20F3NO2. The summed E-state index contributed by atoms with van der Waals surface area (Å²) in [6.45, 7) is 6.97. The van der Waals surface area contributed by atoms with Crippen molar-refractivity contribution in [3.05, 3.63) is 35.1 Å². The molecule has 1 N–H and O–H groups in total. The number of nitrogens with one attached hydrogen (secondary N) is 1. The van der Waals surface area contributed by atoms with Crippen molar-refractivity contribution in [2.75, 3.05) is 0 Å². The van der Waals surface area contributed by atoms with Crippen LogP contribution in [0.4, 0.5) is 18.0 Å². The third kappa shape index (κ3) is 5.65. The number of amides is 1. The second-order valence-corrected chi connectivity index (χ2v) is 5.81. The van der Waals surface area contributed by atoms with E-state index in [4.69, 9.17) is 4.74 Å². The summed E-state index contributed by atoms with van der Waals surface area (Å²) >= 11 is 0. The molecule has 1 amide bonds. The zero-order valence-corrected chi connectivity index (χ0v) is 12.6. The number of rotatable bonds is 4. The minimum atomic E-state index is -1.23. The molecule has 1 aromatic carbocycles. The highest BCUT2D eigenvalue weighted by Gasteiger charge is 2.20. The summed E-state index contributed by atoms with van der Waals surface area (Å²) in [6, 6.07) is 0.883. The Bertz CT molecular complexity index is 512. The van der Waals surface area contributed by atoms with E-state index in [0.717, 1.165) is 6.07 Å². The van der Waals surface area contributed by atoms with Crippen LogP contribution >= 0.6 is 0 Å². The number of hydrogen-bond donors (Lipinski definition) is 1. The van der Waals surface area contributed by atoms with Gasteiger partial charge in [-0.25, -0.2) is 18.0 Å². The maximum Gasteiger partial charge on any atom is 0.407 e. The lowest BCUT2D eigenvalue weighted by Gasteiger charge is -2.23. The van der Waals surface area contributed by atoms with Gasteiger partial charge < -0.3 is 10.1 Å². The van der Waals surface area contributed by atoms with Gasteiger partial charge in [0.2, 0.25) is 0 Å². The number of benzene rings is 1. The van der Waals surface area contributed by atoms with E-state index in [9.17, 15) is 18.0 Å². The lowest BCUT2D eigenvalue weighted by Crippen LogP contribution is -2.40. The molecule has 0 unspecified atom stereocenters. The highest BCUT2D eigenvalue weighted by atomic mass is 19.2. The first kappa shape index (κ1) is 17.3. The van der Waals surface area contributed by atoms with Gasteiger partial charge >= 0.3 is 6.09 Å². The number of alkyl carbamates (subject to hydrolysis) is 1. The highest BCUT2D eigenvalue weighted by molar-refractivity contribution is 5.68. The van der Waals surface area contributed by atoms with Crippen LogP contribution in [0.15, 0.2) is 12.1 Å². The average Bonchev–Trinajstić information content (AvgIpc) is 2.32. The number of ether oxygens (including phenoxy) is 1. The van der Waals surface area contributed by atoms with E-state index in [1.165, 1.54) is 0 Å². The zero-order chi connectivity index (χ0) is 16.2. The van der Waals surface area contributed by atoms with Crippen molar-refractivity contribution in [2.24, 2.45) is 0 Å². The summed E-state index contributed by atoms with van der Waals surface area (Å²) in [5, 5.41) is 2.59. The van der Waals surface area contributed by atoms with Gasteiger partial charge in [0, 0.05) is 12.1 Å². The van der Waals surface area contributed by atoms with Crippen LogP contribution < -0.4 is 5.32 Å². The Morgan fingerprint density at radius 2 is 1.76 bits per heavy atom. The molecule has 0 spiro atoms. The Morgan fingerprint density at radius 3 is 2.29 bits per heavy atom. The molecule has 0 aliphatic carbocycles. The van der Waals surface area contributed by atoms with Crippen molar-refractivity contribution in [1.82, 2.24) is 5.32 Å². The molecule has 0 radical (unpaired) electrons. The van der Waals surface area contributed by atoms with Crippen molar-refractivity contribution >= 4 is 6.09 Å². The molecular weight excluding hydrogens is 283 g/mol. The highest BCUT2D eigenvalue weighted by Crippen LogP contribution is 2.16. The van der Waals surface area contributed by atoms with Gasteiger partial charge in [-0.05, 0) is 45.2 Å². The molecule has 1 atom stereocenters. The molecule has 0 aliphatic rings. The fourth-order valence-corrected chi connectivity index (χ4v) is 1.76. The number of halogens is 3. The van der Waals surface area contributed by atoms with Gasteiger partial charge in [0.15, 0.2) is 11.6 Å². The minimum absolute atomic E-state index is 0.0109. The molecule has 21 heavy (non-hydrogen) atoms. The molecule has 0 bridgehead atoms. The second kappa shape index (κ2) is 6.83. The predicted molar refractivity (Wildman–Crippen MR) is 73.5 cm³/mol. The van der Waals surface area contributed by atoms with Crippen LogP contribution in [0, 0.1) is 17.5 Å². The molecule has 0 aliphatic heterocycles. The minimum Gasteiger partial charge on any atom is -0.444 e. The standard InChI is InChI=1S/C15H20F3NO2/c1-5-10(19-14(20)21-15(2,3)4)6-9-7-12(17)13(18)8-11(9)16/h7-8,10H,5-6H2,1-4H3,(H,19,20)/t10-/m1/s1. The lowest BCUT2D eigenvalue weighted by atomic mass is 10.0. The molecule has 0 fully saturated rings. The Hall–Kier alpha value is -1.72. The van der Waals surface area contributed by atoms with Crippen LogP contribution in [0.3, 0.4) is 0 Å². The van der Waals surface area contributed by atoms with E-state index in [0.29, 0.717) is 12.5 Å². The summed E-state index contributed by atoms with van der Waals surface area (Å²) in [4.78, 5) is 11.7. The van der Waals surface area contributed by atoms with Crippen molar-refractivity contribution in [3.8, 4) is 0 Å². The van der Waals surface area contributed by atoms with E-state index < -0.39 is 35.2 Å². The van der Waals surface area contributed by atoms with E-state index in [-0.39, 0.29) is 12.0 Å². The monoisotopic (exact) mass is 303 g/mol. The number of carbonyl (C=O) groups is 1. The topological polar surface area (TPSA) is 38.3 Å². The molecule has 118 valence electrons. The Labute approximate surface area is 122 Å². The van der Waals surface area contributed by atoms with Gasteiger partial charge in [-0.2, -0.15) is 0 Å². The van der Waals surface area contributed by atoms with Gasteiger partial charge in [-0.1, -0.05) is 6.92 Å². The molecule has 0 saturated carbocycles. The quantitative estimate of drug-likeness (QED) is 0.855. The fourth-order valence-electron chi connectivity index (χ4n) is 1.76. The first-order valence-corrected chi connectivity index (χ1v) is 6.75. The largest absolute Gasteiger partial charge is 0.444 e. The summed E-state index contributed by atoms with van der Waals surface area (Å²) in [5.41, 5.74) is -0.632. The maximum absolute atomic E-state index is 13.6. The fraction of sp³-hybridized carbons (Fsp3) is 0.533. The normalized spacial score (nSPS) is 12.9. The van der Waals surface area contributed by atoms with Gasteiger partial charge in [-0.15, -0.1) is 0 Å². The summed E-state index contributed by atoms with van der Waals surface area (Å²) in [6.07, 6.45) is -0.0754. The average molecular weight is 303 g/mol. The second-order valence-electron chi connectivity index (χ2n) is 5.81. The first-order chi connectivity index (χ1) is 9.62. The summed E-state index contributed by atoms with van der Waals surface area (Å²) < 4.78 is 44.7. The SMILES string of the molecule is CC[C@H](Cc1cc(F)c(F)cc1F)NC(=O)OC(C)(C)C. The Morgan fingerprint density at radius 1 is 1.19 bits per heavy atom. The van der Waals surface area contributed by atoms with Gasteiger partial charge in [0.25, 0.3) is 0 Å². The predicted octanol–water partition coefficient (Wildman–Crippen LogP) is 3.95. The molecule has 1 aromatic rings. The van der Waals surface area contributed by atoms with Gasteiger partial charge in [0.05, 0.1) is 0 Å². The van der Waals surface area contributed by atoms with E-state index >= 15 is 0 Å². The third-order valence-electron chi connectivity index (χ3n) is 2.77. The van der Waals surface area contributed by atoms with E-state index in [1.807, 2.05) is 0 Å². The molecule has 0 aromatic heterocycles. The van der Waals surface area contributed by atoms with Crippen LogP contribution in [0.5, 0.6) is 0 Å². The van der Waals surface area contributed by atoms with Crippen molar-refractivity contribution in [2.45, 2.75) is 52.2 Å². The Balaban J connectivity index is 2.75. The smallest absolute Gasteiger partial charge is 0.407 e. The molecule has 0 saturated heterocycles. The maximum atomic E-state index is 13.6. The van der Waals surface area contributed by atoms with Gasteiger partial charge in [-0.3, -0.25) is 0 Å². The molecule has 0 heterocycles. The third-order valence-corrected chi connectivity index (χ3v) is 2.77. The first-order valence-electron chi connectivity index (χ1n) is 6.75. The van der Waals surface area contributed by atoms with Crippen molar-refractivity contribution in [3.63, 3.8) is 0 Å². The molecule has 3 nitrogen and oxygen atoms in total.